The second kappa shape index (κ2) is 20.7. The minimum Gasteiger partial charge on any atom is -0.566 e. The van der Waals surface area contributed by atoms with E-state index in [1.807, 2.05) is 13.8 Å². The van der Waals surface area contributed by atoms with Crippen molar-refractivity contribution in [2.24, 2.45) is 10.4 Å². The van der Waals surface area contributed by atoms with Gasteiger partial charge in [0.15, 0.2) is 0 Å². The molecular formula is C19H37N3O3SU. The van der Waals surface area contributed by atoms with Crippen LogP contribution in [0.2, 0.25) is 0 Å². The van der Waals surface area contributed by atoms with Crippen molar-refractivity contribution >= 4 is 23.5 Å². The third-order valence-corrected chi connectivity index (χ3v) is 4.23. The van der Waals surface area contributed by atoms with Crippen LogP contribution >= 0.6 is 11.8 Å². The number of aliphatic hydroxyl groups excluding tert-OH is 2. The summed E-state index contributed by atoms with van der Waals surface area (Å²) < 4.78 is 0. The number of carbonyl (C=O) groups excluding carboxylic acids is 1. The third kappa shape index (κ3) is 22.2. The molecule has 0 spiro atoms. The molecule has 0 unspecified atom stereocenters. The number of aliphatic hydroxyl groups is 2. The maximum absolute atomic E-state index is 11.8. The molecule has 0 aliphatic carbocycles. The number of carbonyl (C=O) groups is 1. The standard InChI is InChI=1S/C17H32N3O2S.C2H5O.U/c1-6-7-14(2)23-11-10-20-16(22)8-9-19-15(18-5)12-17(3,4)13-21;1-2-3;/h21H,1-2,6-13H2,3-5H3,(H,18,19)(H,20,22);2-3H,1H3;/q2*-1;+2. The maximum Gasteiger partial charge on any atom is 2.00 e. The second-order valence-corrected chi connectivity index (χ2v) is 7.72. The van der Waals surface area contributed by atoms with Crippen LogP contribution in [0.1, 0.15) is 46.5 Å². The van der Waals surface area contributed by atoms with E-state index < -0.39 is 0 Å². The maximum atomic E-state index is 11.8. The molecule has 0 saturated heterocycles. The van der Waals surface area contributed by atoms with E-state index >= 15 is 0 Å². The summed E-state index contributed by atoms with van der Waals surface area (Å²) in [5.41, 5.74) is -0.211. The Kier molecular flexibility index (Phi) is 24.3. The molecule has 0 atom stereocenters. The molecule has 0 aliphatic rings. The van der Waals surface area contributed by atoms with Gasteiger partial charge in [0.1, 0.15) is 0 Å². The van der Waals surface area contributed by atoms with Crippen molar-refractivity contribution in [3.8, 4) is 0 Å². The van der Waals surface area contributed by atoms with E-state index in [-0.39, 0.29) is 49.0 Å². The Morgan fingerprint density at radius 3 is 2.37 bits per heavy atom. The molecule has 6 nitrogen and oxygen atoms in total. The van der Waals surface area contributed by atoms with Crippen LogP contribution in [0.15, 0.2) is 16.5 Å². The zero-order valence-corrected chi connectivity index (χ0v) is 22.3. The smallest absolute Gasteiger partial charge is 0.566 e. The van der Waals surface area contributed by atoms with Gasteiger partial charge in [-0.15, -0.1) is 11.8 Å². The number of nitrogens with one attached hydrogen (secondary N) is 2. The van der Waals surface area contributed by atoms with E-state index in [0.29, 0.717) is 25.9 Å². The molecule has 8 heteroatoms. The molecule has 0 radical (unpaired) electrons. The van der Waals surface area contributed by atoms with Crippen LogP contribution in [0.4, 0.5) is 0 Å². The molecule has 0 bridgehead atoms. The normalized spacial score (nSPS) is 11.0. The van der Waals surface area contributed by atoms with Gasteiger partial charge in [0.25, 0.3) is 0 Å². The molecule has 0 aromatic rings. The van der Waals surface area contributed by atoms with Gasteiger partial charge in [0.2, 0.25) is 5.91 Å². The monoisotopic (exact) mass is 625 g/mol. The van der Waals surface area contributed by atoms with Crippen LogP contribution in [-0.4, -0.2) is 54.5 Å². The van der Waals surface area contributed by atoms with Gasteiger partial charge >= 0.3 is 31.1 Å². The number of rotatable bonds is 12. The Balaban J connectivity index is -0.00000134. The Labute approximate surface area is 193 Å². The summed E-state index contributed by atoms with van der Waals surface area (Å²) in [4.78, 5) is 17.0. The number of allylic oxidation sites excluding steroid dienone is 1. The minimum absolute atomic E-state index is 0. The third-order valence-electron chi connectivity index (χ3n) is 3.21. The van der Waals surface area contributed by atoms with Gasteiger partial charge < -0.3 is 27.8 Å². The molecule has 0 aromatic carbocycles. The fraction of sp³-hybridized carbons (Fsp3) is 0.684. The summed E-state index contributed by atoms with van der Waals surface area (Å²) >= 11 is 1.68. The summed E-state index contributed by atoms with van der Waals surface area (Å²) in [5.74, 6) is 1.68. The molecule has 27 heavy (non-hydrogen) atoms. The van der Waals surface area contributed by atoms with Crippen LogP contribution in [0.5, 0.6) is 0 Å². The van der Waals surface area contributed by atoms with Gasteiger partial charge in [-0.25, -0.2) is 6.61 Å². The molecule has 156 valence electrons. The molecule has 0 fully saturated rings. The number of thioether (sulfide) groups is 1. The van der Waals surface area contributed by atoms with Crippen molar-refractivity contribution in [2.45, 2.75) is 46.5 Å². The average molecular weight is 626 g/mol. The Morgan fingerprint density at radius 1 is 1.30 bits per heavy atom. The van der Waals surface area contributed by atoms with Gasteiger partial charge in [0, 0.05) is 45.3 Å². The van der Waals surface area contributed by atoms with E-state index in [1.165, 1.54) is 0 Å². The topological polar surface area (TPSA) is 94.0 Å². The zero-order valence-electron chi connectivity index (χ0n) is 17.3. The first-order valence-corrected chi connectivity index (χ1v) is 9.83. The molecule has 1 amide bonds. The van der Waals surface area contributed by atoms with Crippen LogP contribution in [0, 0.1) is 50.1 Å². The van der Waals surface area contributed by atoms with E-state index in [9.17, 15) is 9.90 Å². The van der Waals surface area contributed by atoms with Crippen molar-refractivity contribution in [3.63, 3.8) is 0 Å². The SMILES string of the molecule is C=C(CC[CH2-])SCCNC(=O)CCNC(CC(C)(C)CO)=NC.C[CH-]O.[U+2]. The molecule has 0 heterocycles. The van der Waals surface area contributed by atoms with Crippen LogP contribution in [-0.2, 0) is 4.79 Å². The van der Waals surface area contributed by atoms with Gasteiger partial charge in [-0.2, -0.15) is 13.3 Å². The van der Waals surface area contributed by atoms with Gasteiger partial charge in [0.05, 0.1) is 5.84 Å². The Hall–Kier alpha value is 0.00195. The Morgan fingerprint density at radius 2 is 1.89 bits per heavy atom. The van der Waals surface area contributed by atoms with Gasteiger partial charge in [-0.3, -0.25) is 9.79 Å². The van der Waals surface area contributed by atoms with Crippen molar-refractivity contribution in [1.82, 2.24) is 10.6 Å². The number of aliphatic imine (C=N–C) groups is 1. The fourth-order valence-electron chi connectivity index (χ4n) is 1.79. The molecule has 0 aromatic heterocycles. The zero-order chi connectivity index (χ0) is 20.4. The van der Waals surface area contributed by atoms with Crippen LogP contribution < -0.4 is 10.6 Å². The Bertz CT molecular complexity index is 419. The minimum atomic E-state index is -0.211. The number of amides is 1. The number of hydrogen-bond acceptors (Lipinski definition) is 5. The van der Waals surface area contributed by atoms with Gasteiger partial charge in [-0.1, -0.05) is 20.4 Å². The van der Waals surface area contributed by atoms with E-state index in [4.69, 9.17) is 5.11 Å². The molecule has 0 rings (SSSR count). The summed E-state index contributed by atoms with van der Waals surface area (Å²) in [6.07, 6.45) is 2.85. The summed E-state index contributed by atoms with van der Waals surface area (Å²) in [7, 11) is 1.71. The predicted molar refractivity (Wildman–Crippen MR) is 113 cm³/mol. The molecule has 0 saturated carbocycles. The molecule has 4 N–H and O–H groups in total. The number of nitrogens with zero attached hydrogens (tertiary/aromatic N) is 1. The fourth-order valence-corrected chi connectivity index (χ4v) is 2.58. The first kappa shape index (κ1) is 31.7. The first-order valence-electron chi connectivity index (χ1n) is 8.85. The average Bonchev–Trinajstić information content (AvgIpc) is 2.58. The van der Waals surface area contributed by atoms with Crippen LogP contribution in [0.3, 0.4) is 0 Å². The number of amidine groups is 1. The summed E-state index contributed by atoms with van der Waals surface area (Å²) in [6, 6.07) is 0. The number of hydrogen-bond donors (Lipinski definition) is 4. The van der Waals surface area contributed by atoms with Crippen molar-refractivity contribution in [3.05, 3.63) is 25.0 Å². The van der Waals surface area contributed by atoms with Crippen LogP contribution in [0.25, 0.3) is 0 Å². The van der Waals surface area contributed by atoms with Crippen molar-refractivity contribution in [1.29, 1.82) is 0 Å². The quantitative estimate of drug-likeness (QED) is 0.116. The van der Waals surface area contributed by atoms with Crippen molar-refractivity contribution in [2.75, 3.05) is 32.5 Å². The first-order chi connectivity index (χ1) is 12.3. The molecular weight excluding hydrogens is 588 g/mol. The van der Waals surface area contributed by atoms with E-state index in [1.54, 1.807) is 25.7 Å². The van der Waals surface area contributed by atoms with E-state index in [2.05, 4.69) is 29.1 Å². The summed E-state index contributed by atoms with van der Waals surface area (Å²) in [6.45, 7) is 15.5. The second-order valence-electron chi connectivity index (χ2n) is 6.45. The van der Waals surface area contributed by atoms with Crippen molar-refractivity contribution < 1.29 is 46.1 Å². The predicted octanol–water partition coefficient (Wildman–Crippen LogP) is 2.92. The molecule has 0 aliphatic heterocycles. The van der Waals surface area contributed by atoms with E-state index in [0.717, 1.165) is 35.9 Å². The largest absolute Gasteiger partial charge is 2.00 e. The van der Waals surface area contributed by atoms with Gasteiger partial charge in [-0.05, 0) is 16.7 Å². The summed E-state index contributed by atoms with van der Waals surface area (Å²) in [5, 5.41) is 22.8.